The monoisotopic (exact) mass is 357 g/mol. The average Bonchev–Trinajstić information content (AvgIpc) is 2.61. The van der Waals surface area contributed by atoms with E-state index in [1.165, 1.54) is 12.1 Å². The number of nitrogens with zero attached hydrogens (tertiary/aromatic N) is 2. The van der Waals surface area contributed by atoms with Crippen LogP contribution in [-0.2, 0) is 4.79 Å². The lowest BCUT2D eigenvalue weighted by molar-refractivity contribution is -0.394. The molecule has 0 aromatic heterocycles. The number of carbonyl (C=O) groups is 2. The van der Waals surface area contributed by atoms with Crippen LogP contribution in [0.3, 0.4) is 0 Å². The van der Waals surface area contributed by atoms with Crippen LogP contribution >= 0.6 is 0 Å². The highest BCUT2D eigenvalue weighted by molar-refractivity contribution is 6.03. The van der Waals surface area contributed by atoms with Crippen molar-refractivity contribution in [3.63, 3.8) is 0 Å². The molecule has 0 fully saturated rings. The van der Waals surface area contributed by atoms with E-state index in [2.05, 4.69) is 5.32 Å². The highest BCUT2D eigenvalue weighted by atomic mass is 16.6. The summed E-state index contributed by atoms with van der Waals surface area (Å²) in [6.45, 7) is 0. The van der Waals surface area contributed by atoms with E-state index in [1.807, 2.05) is 0 Å². The predicted octanol–water partition coefficient (Wildman–Crippen LogP) is 2.36. The summed E-state index contributed by atoms with van der Waals surface area (Å²) in [6, 6.07) is 10.5. The lowest BCUT2D eigenvalue weighted by Gasteiger charge is -2.06. The first-order chi connectivity index (χ1) is 12.3. The zero-order valence-electron chi connectivity index (χ0n) is 13.0. The number of amides is 1. The number of nitro benzene ring substituents is 2. The van der Waals surface area contributed by atoms with Crippen LogP contribution in [0.25, 0.3) is 6.08 Å². The first kappa shape index (κ1) is 18.3. The van der Waals surface area contributed by atoms with Gasteiger partial charge >= 0.3 is 5.97 Å². The van der Waals surface area contributed by atoms with Crippen molar-refractivity contribution in [2.75, 3.05) is 0 Å². The number of carboxylic acids is 1. The summed E-state index contributed by atoms with van der Waals surface area (Å²) in [5.74, 6) is -2.24. The summed E-state index contributed by atoms with van der Waals surface area (Å²) in [5.41, 5.74) is -1.80. The van der Waals surface area contributed by atoms with E-state index in [9.17, 15) is 34.9 Å². The van der Waals surface area contributed by atoms with Gasteiger partial charge in [-0.2, -0.15) is 0 Å². The molecule has 0 bridgehead atoms. The maximum Gasteiger partial charge on any atom is 0.352 e. The molecule has 2 aromatic carbocycles. The summed E-state index contributed by atoms with van der Waals surface area (Å²) in [4.78, 5) is 43.6. The number of carbonyl (C=O) groups excluding carboxylic acids is 1. The van der Waals surface area contributed by atoms with Crippen molar-refractivity contribution in [1.29, 1.82) is 0 Å². The van der Waals surface area contributed by atoms with Gasteiger partial charge in [-0.05, 0) is 24.3 Å². The minimum Gasteiger partial charge on any atom is -0.477 e. The van der Waals surface area contributed by atoms with Gasteiger partial charge in [-0.1, -0.05) is 18.2 Å². The van der Waals surface area contributed by atoms with Crippen LogP contribution in [-0.4, -0.2) is 26.8 Å². The average molecular weight is 357 g/mol. The quantitative estimate of drug-likeness (QED) is 0.457. The Labute approximate surface area is 145 Å². The first-order valence-corrected chi connectivity index (χ1v) is 7.04. The zero-order chi connectivity index (χ0) is 19.3. The van der Waals surface area contributed by atoms with Crippen molar-refractivity contribution in [2.24, 2.45) is 0 Å². The SMILES string of the molecule is O=C(O)C(=Cc1ccc([N+](=O)[O-])cc1[N+](=O)[O-])NC(=O)c1ccccc1. The third kappa shape index (κ3) is 4.26. The van der Waals surface area contributed by atoms with E-state index in [0.717, 1.165) is 18.2 Å². The number of carboxylic acid groups (broad SMARTS) is 1. The van der Waals surface area contributed by atoms with Crippen LogP contribution in [0.4, 0.5) is 11.4 Å². The van der Waals surface area contributed by atoms with Crippen molar-refractivity contribution < 1.29 is 24.5 Å². The number of nitro groups is 2. The van der Waals surface area contributed by atoms with Gasteiger partial charge in [0.2, 0.25) is 0 Å². The maximum absolute atomic E-state index is 12.1. The molecular formula is C16H11N3O7. The predicted molar refractivity (Wildman–Crippen MR) is 89.3 cm³/mol. The van der Waals surface area contributed by atoms with E-state index in [4.69, 9.17) is 0 Å². The van der Waals surface area contributed by atoms with Gasteiger partial charge in [-0.25, -0.2) is 4.79 Å². The summed E-state index contributed by atoms with van der Waals surface area (Å²) in [5, 5.41) is 33.2. The van der Waals surface area contributed by atoms with Gasteiger partial charge in [-0.15, -0.1) is 0 Å². The van der Waals surface area contributed by atoms with Crippen LogP contribution in [0.5, 0.6) is 0 Å². The van der Waals surface area contributed by atoms with Crippen LogP contribution in [0.15, 0.2) is 54.2 Å². The van der Waals surface area contributed by atoms with Gasteiger partial charge in [0.15, 0.2) is 0 Å². The second-order valence-corrected chi connectivity index (χ2v) is 4.94. The van der Waals surface area contributed by atoms with Gasteiger partial charge in [-0.3, -0.25) is 25.0 Å². The molecule has 0 saturated heterocycles. The molecule has 2 aromatic rings. The van der Waals surface area contributed by atoms with Crippen molar-refractivity contribution in [1.82, 2.24) is 5.32 Å². The molecule has 0 aliphatic rings. The van der Waals surface area contributed by atoms with E-state index in [-0.39, 0.29) is 11.1 Å². The number of rotatable bonds is 6. The normalized spacial score (nSPS) is 10.8. The Hall–Kier alpha value is -4.08. The molecule has 10 nitrogen and oxygen atoms in total. The van der Waals surface area contributed by atoms with E-state index in [1.54, 1.807) is 18.2 Å². The molecule has 0 aliphatic carbocycles. The van der Waals surface area contributed by atoms with Crippen molar-refractivity contribution >= 4 is 29.3 Å². The number of benzene rings is 2. The summed E-state index contributed by atoms with van der Waals surface area (Å²) in [6.07, 6.45) is 0.866. The molecule has 0 heterocycles. The summed E-state index contributed by atoms with van der Waals surface area (Å²) < 4.78 is 0. The molecule has 0 atom stereocenters. The fourth-order valence-corrected chi connectivity index (χ4v) is 2.02. The molecule has 26 heavy (non-hydrogen) atoms. The molecule has 0 spiro atoms. The Morgan fingerprint density at radius 2 is 1.65 bits per heavy atom. The van der Waals surface area contributed by atoms with Gasteiger partial charge in [0.25, 0.3) is 17.3 Å². The highest BCUT2D eigenvalue weighted by Gasteiger charge is 2.21. The zero-order valence-corrected chi connectivity index (χ0v) is 13.0. The Morgan fingerprint density at radius 3 is 2.19 bits per heavy atom. The van der Waals surface area contributed by atoms with E-state index >= 15 is 0 Å². The summed E-state index contributed by atoms with van der Waals surface area (Å²) >= 11 is 0. The maximum atomic E-state index is 12.1. The molecule has 2 rings (SSSR count). The molecule has 0 radical (unpaired) electrons. The fraction of sp³-hybridized carbons (Fsp3) is 0. The lowest BCUT2D eigenvalue weighted by atomic mass is 10.1. The van der Waals surface area contributed by atoms with Crippen LogP contribution < -0.4 is 5.32 Å². The Kier molecular flexibility index (Phi) is 5.38. The van der Waals surface area contributed by atoms with Crippen molar-refractivity contribution in [3.05, 3.63) is 85.6 Å². The number of nitrogens with one attached hydrogen (secondary N) is 1. The molecule has 0 unspecified atom stereocenters. The Morgan fingerprint density at radius 1 is 1.00 bits per heavy atom. The molecule has 0 aliphatic heterocycles. The summed E-state index contributed by atoms with van der Waals surface area (Å²) in [7, 11) is 0. The van der Waals surface area contributed by atoms with Crippen LogP contribution in [0, 0.1) is 20.2 Å². The van der Waals surface area contributed by atoms with E-state index < -0.39 is 38.8 Å². The number of hydrogen-bond donors (Lipinski definition) is 2. The van der Waals surface area contributed by atoms with Crippen molar-refractivity contribution in [3.8, 4) is 0 Å². The minimum absolute atomic E-state index is 0.192. The molecular weight excluding hydrogens is 346 g/mol. The third-order valence-electron chi connectivity index (χ3n) is 3.24. The second kappa shape index (κ2) is 7.66. The topological polar surface area (TPSA) is 153 Å². The molecule has 10 heteroatoms. The van der Waals surface area contributed by atoms with Gasteiger partial charge in [0, 0.05) is 11.6 Å². The standard InChI is InChI=1S/C16H11N3O7/c20-15(10-4-2-1-3-5-10)17-13(16(21)22)8-11-6-7-12(18(23)24)9-14(11)19(25)26/h1-9H,(H,17,20)(H,21,22). The second-order valence-electron chi connectivity index (χ2n) is 4.94. The van der Waals surface area contributed by atoms with Gasteiger partial charge < -0.3 is 10.4 Å². The molecule has 1 amide bonds. The van der Waals surface area contributed by atoms with E-state index in [0.29, 0.717) is 6.07 Å². The Bertz CT molecular complexity index is 923. The number of aliphatic carboxylic acids is 1. The molecule has 2 N–H and O–H groups in total. The molecule has 0 saturated carbocycles. The Balaban J connectivity index is 2.43. The lowest BCUT2D eigenvalue weighted by Crippen LogP contribution is -2.27. The molecule has 132 valence electrons. The van der Waals surface area contributed by atoms with Crippen molar-refractivity contribution in [2.45, 2.75) is 0 Å². The van der Waals surface area contributed by atoms with Gasteiger partial charge in [0.1, 0.15) is 5.70 Å². The smallest absolute Gasteiger partial charge is 0.352 e. The third-order valence-corrected chi connectivity index (χ3v) is 3.24. The van der Waals surface area contributed by atoms with Crippen LogP contribution in [0.2, 0.25) is 0 Å². The number of non-ortho nitro benzene ring substituents is 1. The fourth-order valence-electron chi connectivity index (χ4n) is 2.02. The minimum atomic E-state index is -1.53. The first-order valence-electron chi connectivity index (χ1n) is 7.04. The highest BCUT2D eigenvalue weighted by Crippen LogP contribution is 2.26. The van der Waals surface area contributed by atoms with Crippen LogP contribution in [0.1, 0.15) is 15.9 Å². The number of hydrogen-bond acceptors (Lipinski definition) is 6. The van der Waals surface area contributed by atoms with Gasteiger partial charge in [0.05, 0.1) is 21.5 Å². The largest absolute Gasteiger partial charge is 0.477 e.